The number of Topliss-reactive ketones (excluding diaryl/α,β-unsaturated/α-hetero) is 1. The third-order valence-electron chi connectivity index (χ3n) is 1.59. The lowest BCUT2D eigenvalue weighted by Crippen LogP contribution is -1.97. The average Bonchev–Trinajstić information content (AvgIpc) is 2.06. The van der Waals surface area contributed by atoms with Gasteiger partial charge in [0.25, 0.3) is 0 Å². The molecule has 0 aliphatic carbocycles. The molecule has 0 saturated heterocycles. The summed E-state index contributed by atoms with van der Waals surface area (Å²) in [7, 11) is 0. The Morgan fingerprint density at radius 2 is 2.23 bits per heavy atom. The number of phenolic OH excluding ortho intramolecular Hbond substituents is 1. The lowest BCUT2D eigenvalue weighted by Gasteiger charge is -2.04. The van der Waals surface area contributed by atoms with Gasteiger partial charge in [-0.05, 0) is 28.9 Å². The summed E-state index contributed by atoms with van der Waals surface area (Å²) in [6.45, 7) is 1.41. The second-order valence-corrected chi connectivity index (χ2v) is 3.54. The molecule has 0 aliphatic rings. The summed E-state index contributed by atoms with van der Waals surface area (Å²) in [5.74, 6) is -0.811. The van der Waals surface area contributed by atoms with Gasteiger partial charge in [0.1, 0.15) is 17.3 Å². The van der Waals surface area contributed by atoms with Crippen molar-refractivity contribution in [2.24, 2.45) is 0 Å². The van der Waals surface area contributed by atoms with E-state index in [-0.39, 0.29) is 22.4 Å². The van der Waals surface area contributed by atoms with Gasteiger partial charge in [-0.25, -0.2) is 4.39 Å². The SMILES string of the molecule is CC(=O)Cc1ccc(F)c(Br)c1O. The van der Waals surface area contributed by atoms with Crippen LogP contribution in [0.15, 0.2) is 16.6 Å². The predicted molar refractivity (Wildman–Crippen MR) is 50.1 cm³/mol. The van der Waals surface area contributed by atoms with Crippen molar-refractivity contribution in [3.05, 3.63) is 28.0 Å². The van der Waals surface area contributed by atoms with Crippen LogP contribution < -0.4 is 0 Å². The van der Waals surface area contributed by atoms with E-state index in [0.717, 1.165) is 0 Å². The van der Waals surface area contributed by atoms with Crippen molar-refractivity contribution in [1.29, 1.82) is 0 Å². The number of hydrogen-bond donors (Lipinski definition) is 1. The highest BCUT2D eigenvalue weighted by Crippen LogP contribution is 2.30. The summed E-state index contributed by atoms with van der Waals surface area (Å²) < 4.78 is 12.8. The van der Waals surface area contributed by atoms with Gasteiger partial charge < -0.3 is 5.11 Å². The molecule has 0 aromatic heterocycles. The Bertz CT molecular complexity index is 350. The Kier molecular flexibility index (Phi) is 3.03. The summed E-state index contributed by atoms with van der Waals surface area (Å²) in [6, 6.07) is 2.61. The van der Waals surface area contributed by atoms with Gasteiger partial charge in [-0.2, -0.15) is 0 Å². The molecule has 1 aromatic carbocycles. The standard InChI is InChI=1S/C9H8BrFO2/c1-5(12)4-6-2-3-7(11)8(10)9(6)13/h2-3,13H,4H2,1H3. The van der Waals surface area contributed by atoms with E-state index in [4.69, 9.17) is 0 Å². The monoisotopic (exact) mass is 246 g/mol. The lowest BCUT2D eigenvalue weighted by molar-refractivity contribution is -0.116. The van der Waals surface area contributed by atoms with Crippen LogP contribution in [0.3, 0.4) is 0 Å². The van der Waals surface area contributed by atoms with Crippen LogP contribution in [0.25, 0.3) is 0 Å². The smallest absolute Gasteiger partial charge is 0.141 e. The fraction of sp³-hybridized carbons (Fsp3) is 0.222. The molecule has 0 amide bonds. The number of carbonyl (C=O) groups is 1. The predicted octanol–water partition coefficient (Wildman–Crippen LogP) is 2.43. The van der Waals surface area contributed by atoms with Crippen molar-refractivity contribution in [3.8, 4) is 5.75 Å². The molecular formula is C9H8BrFO2. The molecule has 0 spiro atoms. The van der Waals surface area contributed by atoms with Crippen molar-refractivity contribution in [2.75, 3.05) is 0 Å². The first-order chi connectivity index (χ1) is 6.02. The highest BCUT2D eigenvalue weighted by atomic mass is 79.9. The van der Waals surface area contributed by atoms with Crippen LogP contribution in [0.4, 0.5) is 4.39 Å². The Balaban J connectivity index is 3.10. The molecule has 2 nitrogen and oxygen atoms in total. The Hall–Kier alpha value is -0.900. The Morgan fingerprint density at radius 1 is 1.62 bits per heavy atom. The first-order valence-electron chi connectivity index (χ1n) is 3.67. The molecule has 1 aromatic rings. The third-order valence-corrected chi connectivity index (χ3v) is 2.35. The largest absolute Gasteiger partial charge is 0.506 e. The number of hydrogen-bond acceptors (Lipinski definition) is 2. The number of aromatic hydroxyl groups is 1. The van der Waals surface area contributed by atoms with E-state index < -0.39 is 5.82 Å². The first-order valence-corrected chi connectivity index (χ1v) is 4.47. The molecule has 0 saturated carbocycles. The molecule has 0 radical (unpaired) electrons. The second kappa shape index (κ2) is 3.87. The molecule has 0 fully saturated rings. The second-order valence-electron chi connectivity index (χ2n) is 2.75. The summed E-state index contributed by atoms with van der Waals surface area (Å²) in [4.78, 5) is 10.7. The van der Waals surface area contributed by atoms with Gasteiger partial charge in [0.05, 0.1) is 4.47 Å². The molecule has 70 valence electrons. The van der Waals surface area contributed by atoms with E-state index in [0.29, 0.717) is 5.56 Å². The molecular weight excluding hydrogens is 239 g/mol. The van der Waals surface area contributed by atoms with Gasteiger partial charge in [-0.15, -0.1) is 0 Å². The minimum absolute atomic E-state index is 0.00579. The molecule has 0 aliphatic heterocycles. The molecule has 13 heavy (non-hydrogen) atoms. The molecule has 4 heteroatoms. The van der Waals surface area contributed by atoms with Gasteiger partial charge in [0.15, 0.2) is 0 Å². The molecule has 0 atom stereocenters. The number of carbonyl (C=O) groups excluding carboxylic acids is 1. The van der Waals surface area contributed by atoms with Crippen LogP contribution >= 0.6 is 15.9 Å². The maximum absolute atomic E-state index is 12.8. The molecule has 1 N–H and O–H groups in total. The van der Waals surface area contributed by atoms with Gasteiger partial charge in [0.2, 0.25) is 0 Å². The van der Waals surface area contributed by atoms with Crippen molar-refractivity contribution in [1.82, 2.24) is 0 Å². The zero-order valence-electron chi connectivity index (χ0n) is 6.97. The van der Waals surface area contributed by atoms with E-state index in [9.17, 15) is 14.3 Å². The number of ketones is 1. The average molecular weight is 247 g/mol. The summed E-state index contributed by atoms with van der Waals surface area (Å²) in [6.07, 6.45) is 0.116. The van der Waals surface area contributed by atoms with Crippen LogP contribution in [0.2, 0.25) is 0 Å². The van der Waals surface area contributed by atoms with Gasteiger partial charge >= 0.3 is 0 Å². The van der Waals surface area contributed by atoms with E-state index in [1.807, 2.05) is 0 Å². The molecule has 1 rings (SSSR count). The van der Waals surface area contributed by atoms with E-state index in [2.05, 4.69) is 15.9 Å². The summed E-state index contributed by atoms with van der Waals surface area (Å²) in [5, 5.41) is 9.39. The van der Waals surface area contributed by atoms with Crippen LogP contribution in [0.1, 0.15) is 12.5 Å². The maximum atomic E-state index is 12.8. The Morgan fingerprint density at radius 3 is 2.77 bits per heavy atom. The number of phenols is 1. The molecule has 0 bridgehead atoms. The highest BCUT2D eigenvalue weighted by Gasteiger charge is 2.10. The van der Waals surface area contributed by atoms with Crippen LogP contribution in [-0.2, 0) is 11.2 Å². The van der Waals surface area contributed by atoms with Crippen LogP contribution in [-0.4, -0.2) is 10.9 Å². The summed E-state index contributed by atoms with van der Waals surface area (Å²) >= 11 is 2.88. The summed E-state index contributed by atoms with van der Waals surface area (Å²) in [5.41, 5.74) is 0.431. The first kappa shape index (κ1) is 10.2. The molecule has 0 heterocycles. The Labute approximate surface area is 83.5 Å². The van der Waals surface area contributed by atoms with Gasteiger partial charge in [-0.1, -0.05) is 6.07 Å². The van der Waals surface area contributed by atoms with Crippen LogP contribution in [0.5, 0.6) is 5.75 Å². The normalized spacial score (nSPS) is 10.1. The minimum Gasteiger partial charge on any atom is -0.506 e. The fourth-order valence-corrected chi connectivity index (χ4v) is 1.38. The number of rotatable bonds is 2. The van der Waals surface area contributed by atoms with E-state index >= 15 is 0 Å². The van der Waals surface area contributed by atoms with Crippen molar-refractivity contribution < 1.29 is 14.3 Å². The van der Waals surface area contributed by atoms with Gasteiger partial charge in [-0.3, -0.25) is 4.79 Å². The quantitative estimate of drug-likeness (QED) is 0.871. The van der Waals surface area contributed by atoms with Crippen LogP contribution in [0, 0.1) is 5.82 Å². The zero-order valence-corrected chi connectivity index (χ0v) is 8.56. The van der Waals surface area contributed by atoms with E-state index in [1.165, 1.54) is 19.1 Å². The van der Waals surface area contributed by atoms with Crippen molar-refractivity contribution in [3.63, 3.8) is 0 Å². The van der Waals surface area contributed by atoms with Crippen molar-refractivity contribution in [2.45, 2.75) is 13.3 Å². The fourth-order valence-electron chi connectivity index (χ4n) is 0.991. The van der Waals surface area contributed by atoms with Crippen molar-refractivity contribution >= 4 is 21.7 Å². The van der Waals surface area contributed by atoms with E-state index in [1.54, 1.807) is 0 Å². The number of halogens is 2. The topological polar surface area (TPSA) is 37.3 Å². The van der Waals surface area contributed by atoms with Gasteiger partial charge in [0, 0.05) is 12.0 Å². The molecule has 0 unspecified atom stereocenters. The lowest BCUT2D eigenvalue weighted by atomic mass is 10.1. The highest BCUT2D eigenvalue weighted by molar-refractivity contribution is 9.10. The minimum atomic E-state index is -0.537. The zero-order chi connectivity index (χ0) is 10.0. The third kappa shape index (κ3) is 2.28. The number of benzene rings is 1. The maximum Gasteiger partial charge on any atom is 0.141 e.